The third-order valence-corrected chi connectivity index (χ3v) is 2.13. The molecule has 5 nitrogen and oxygen atoms in total. The van der Waals surface area contributed by atoms with E-state index in [-0.39, 0.29) is 5.91 Å². The standard InChI is InChI=1S/C11H18N4O/c1-3-4-14-9-5-10(7-13-6-9)15-8(2)11(12)16/h5-8,14-15H,3-4H2,1-2H3,(H2,12,16). The Labute approximate surface area is 95.4 Å². The third-order valence-electron chi connectivity index (χ3n) is 2.13. The van der Waals surface area contributed by atoms with E-state index >= 15 is 0 Å². The van der Waals surface area contributed by atoms with E-state index in [1.807, 2.05) is 6.07 Å². The van der Waals surface area contributed by atoms with Crippen molar-refractivity contribution < 1.29 is 4.79 Å². The summed E-state index contributed by atoms with van der Waals surface area (Å²) >= 11 is 0. The van der Waals surface area contributed by atoms with E-state index in [9.17, 15) is 4.79 Å². The molecule has 16 heavy (non-hydrogen) atoms. The maximum absolute atomic E-state index is 10.9. The Balaban J connectivity index is 2.63. The van der Waals surface area contributed by atoms with Crippen LogP contribution in [-0.4, -0.2) is 23.5 Å². The summed E-state index contributed by atoms with van der Waals surface area (Å²) in [5, 5.41) is 6.20. The number of amides is 1. The lowest BCUT2D eigenvalue weighted by molar-refractivity contribution is -0.118. The number of nitrogens with two attached hydrogens (primary N) is 1. The third kappa shape index (κ3) is 3.76. The monoisotopic (exact) mass is 222 g/mol. The van der Waals surface area contributed by atoms with Gasteiger partial charge in [-0.15, -0.1) is 0 Å². The molecule has 1 aromatic heterocycles. The number of aromatic nitrogens is 1. The van der Waals surface area contributed by atoms with Gasteiger partial charge in [-0.3, -0.25) is 9.78 Å². The molecule has 0 saturated heterocycles. The van der Waals surface area contributed by atoms with Gasteiger partial charge in [-0.25, -0.2) is 0 Å². The Morgan fingerprint density at radius 1 is 1.50 bits per heavy atom. The van der Waals surface area contributed by atoms with Crippen LogP contribution in [0.15, 0.2) is 18.5 Å². The number of nitrogens with zero attached hydrogens (tertiary/aromatic N) is 1. The first-order valence-corrected chi connectivity index (χ1v) is 5.38. The molecule has 88 valence electrons. The molecule has 1 atom stereocenters. The summed E-state index contributed by atoms with van der Waals surface area (Å²) in [4.78, 5) is 15.0. The maximum Gasteiger partial charge on any atom is 0.239 e. The molecule has 4 N–H and O–H groups in total. The number of carbonyl (C=O) groups is 1. The van der Waals surface area contributed by atoms with Gasteiger partial charge < -0.3 is 16.4 Å². The van der Waals surface area contributed by atoms with Crippen LogP contribution in [0, 0.1) is 0 Å². The van der Waals surface area contributed by atoms with E-state index in [1.54, 1.807) is 19.3 Å². The first kappa shape index (κ1) is 12.3. The highest BCUT2D eigenvalue weighted by Crippen LogP contribution is 2.13. The number of primary amides is 1. The Morgan fingerprint density at radius 2 is 2.19 bits per heavy atom. The van der Waals surface area contributed by atoms with Crippen molar-refractivity contribution in [3.63, 3.8) is 0 Å². The van der Waals surface area contributed by atoms with Crippen molar-refractivity contribution in [2.75, 3.05) is 17.2 Å². The minimum atomic E-state index is -0.400. The van der Waals surface area contributed by atoms with Crippen molar-refractivity contribution in [1.29, 1.82) is 0 Å². The summed E-state index contributed by atoms with van der Waals surface area (Å²) in [6.07, 6.45) is 4.46. The molecule has 1 rings (SSSR count). The zero-order valence-electron chi connectivity index (χ0n) is 9.66. The van der Waals surface area contributed by atoms with Crippen molar-refractivity contribution in [3.8, 4) is 0 Å². The fourth-order valence-electron chi connectivity index (χ4n) is 1.21. The average molecular weight is 222 g/mol. The van der Waals surface area contributed by atoms with E-state index in [2.05, 4.69) is 22.5 Å². The smallest absolute Gasteiger partial charge is 0.239 e. The summed E-state index contributed by atoms with van der Waals surface area (Å²) in [7, 11) is 0. The molecule has 0 spiro atoms. The average Bonchev–Trinajstić information content (AvgIpc) is 2.26. The number of hydrogen-bond acceptors (Lipinski definition) is 4. The zero-order valence-corrected chi connectivity index (χ0v) is 9.66. The molecule has 0 aliphatic carbocycles. The summed E-state index contributed by atoms with van der Waals surface area (Å²) in [6, 6.07) is 1.51. The molecule has 1 amide bonds. The van der Waals surface area contributed by atoms with Gasteiger partial charge in [0.25, 0.3) is 0 Å². The normalized spacial score (nSPS) is 11.9. The van der Waals surface area contributed by atoms with Crippen LogP contribution in [0.3, 0.4) is 0 Å². The van der Waals surface area contributed by atoms with Crippen molar-refractivity contribution in [3.05, 3.63) is 18.5 Å². The van der Waals surface area contributed by atoms with Crippen LogP contribution in [0.4, 0.5) is 11.4 Å². The highest BCUT2D eigenvalue weighted by Gasteiger charge is 2.07. The Bertz CT molecular complexity index is 354. The molecule has 1 unspecified atom stereocenters. The predicted octanol–water partition coefficient (Wildman–Crippen LogP) is 1.19. The molecule has 1 heterocycles. The number of carbonyl (C=O) groups excluding carboxylic acids is 1. The molecule has 0 aliphatic rings. The number of hydrogen-bond donors (Lipinski definition) is 3. The van der Waals surface area contributed by atoms with Crippen LogP contribution in [0.5, 0.6) is 0 Å². The summed E-state index contributed by atoms with van der Waals surface area (Å²) in [6.45, 7) is 4.71. The molecular formula is C11H18N4O. The first-order valence-electron chi connectivity index (χ1n) is 5.38. The van der Waals surface area contributed by atoms with Gasteiger partial charge in [0.2, 0.25) is 5.91 Å². The van der Waals surface area contributed by atoms with Crippen LogP contribution >= 0.6 is 0 Å². The molecule has 1 aromatic rings. The minimum absolute atomic E-state index is 0.382. The first-order chi connectivity index (χ1) is 7.63. The second-order valence-corrected chi connectivity index (χ2v) is 3.66. The highest BCUT2D eigenvalue weighted by atomic mass is 16.1. The van der Waals surface area contributed by atoms with Crippen LogP contribution in [0.2, 0.25) is 0 Å². The second kappa shape index (κ2) is 5.95. The summed E-state index contributed by atoms with van der Waals surface area (Å²) in [5.41, 5.74) is 6.88. The van der Waals surface area contributed by atoms with Gasteiger partial charge >= 0.3 is 0 Å². The van der Waals surface area contributed by atoms with Crippen LogP contribution < -0.4 is 16.4 Å². The lowest BCUT2D eigenvalue weighted by atomic mass is 10.3. The van der Waals surface area contributed by atoms with Crippen molar-refractivity contribution in [1.82, 2.24) is 4.98 Å². The molecule has 0 aromatic carbocycles. The van der Waals surface area contributed by atoms with E-state index in [0.29, 0.717) is 0 Å². The molecule has 0 aliphatic heterocycles. The zero-order chi connectivity index (χ0) is 12.0. The quantitative estimate of drug-likeness (QED) is 0.675. The van der Waals surface area contributed by atoms with Crippen LogP contribution in [0.25, 0.3) is 0 Å². The van der Waals surface area contributed by atoms with E-state index in [4.69, 9.17) is 5.73 Å². The number of anilines is 2. The summed E-state index contributed by atoms with van der Waals surface area (Å²) < 4.78 is 0. The van der Waals surface area contributed by atoms with E-state index < -0.39 is 6.04 Å². The van der Waals surface area contributed by atoms with E-state index in [0.717, 1.165) is 24.3 Å². The van der Waals surface area contributed by atoms with Gasteiger partial charge in [0.15, 0.2) is 0 Å². The van der Waals surface area contributed by atoms with Crippen molar-refractivity contribution in [2.45, 2.75) is 26.3 Å². The van der Waals surface area contributed by atoms with Gasteiger partial charge in [0.1, 0.15) is 6.04 Å². The van der Waals surface area contributed by atoms with Crippen molar-refractivity contribution >= 4 is 17.3 Å². The molecule has 0 bridgehead atoms. The Morgan fingerprint density at radius 3 is 2.81 bits per heavy atom. The van der Waals surface area contributed by atoms with Gasteiger partial charge in [0, 0.05) is 6.54 Å². The molecule has 5 heteroatoms. The largest absolute Gasteiger partial charge is 0.384 e. The second-order valence-electron chi connectivity index (χ2n) is 3.66. The van der Waals surface area contributed by atoms with Crippen molar-refractivity contribution in [2.24, 2.45) is 5.73 Å². The van der Waals surface area contributed by atoms with Crippen LogP contribution in [0.1, 0.15) is 20.3 Å². The Hall–Kier alpha value is -1.78. The lowest BCUT2D eigenvalue weighted by Gasteiger charge is -2.12. The molecule has 0 saturated carbocycles. The fraction of sp³-hybridized carbons (Fsp3) is 0.455. The summed E-state index contributed by atoms with van der Waals surface area (Å²) in [5.74, 6) is -0.382. The topological polar surface area (TPSA) is 80.0 Å². The van der Waals surface area contributed by atoms with Crippen LogP contribution in [-0.2, 0) is 4.79 Å². The fourth-order valence-corrected chi connectivity index (χ4v) is 1.21. The minimum Gasteiger partial charge on any atom is -0.384 e. The highest BCUT2D eigenvalue weighted by molar-refractivity contribution is 5.82. The van der Waals surface area contributed by atoms with E-state index in [1.165, 1.54) is 0 Å². The number of pyridine rings is 1. The van der Waals surface area contributed by atoms with Gasteiger partial charge in [-0.05, 0) is 19.4 Å². The lowest BCUT2D eigenvalue weighted by Crippen LogP contribution is -2.32. The number of rotatable bonds is 6. The molecule has 0 radical (unpaired) electrons. The van der Waals surface area contributed by atoms with Gasteiger partial charge in [-0.2, -0.15) is 0 Å². The van der Waals surface area contributed by atoms with Gasteiger partial charge in [-0.1, -0.05) is 6.92 Å². The maximum atomic E-state index is 10.9. The molecule has 0 fully saturated rings. The Kier molecular flexibility index (Phi) is 4.57. The SMILES string of the molecule is CCCNc1cncc(NC(C)C(N)=O)c1. The number of nitrogens with one attached hydrogen (secondary N) is 2. The predicted molar refractivity (Wildman–Crippen MR) is 65.3 cm³/mol. The van der Waals surface area contributed by atoms with Gasteiger partial charge in [0.05, 0.1) is 23.8 Å². The molecular weight excluding hydrogens is 204 g/mol.